The summed E-state index contributed by atoms with van der Waals surface area (Å²) < 4.78 is 4.24. The third kappa shape index (κ3) is 4.66. The van der Waals surface area contributed by atoms with Gasteiger partial charge in [0.15, 0.2) is 0 Å². The van der Waals surface area contributed by atoms with E-state index in [1.807, 2.05) is 0 Å². The predicted octanol–water partition coefficient (Wildman–Crippen LogP) is 3.56. The summed E-state index contributed by atoms with van der Waals surface area (Å²) in [6.45, 7) is 7.47. The fourth-order valence-corrected chi connectivity index (χ4v) is 2.20. The average molecular weight is 262 g/mol. The summed E-state index contributed by atoms with van der Waals surface area (Å²) in [5.74, 6) is 1.66. The van der Waals surface area contributed by atoms with Gasteiger partial charge in [0, 0.05) is 30.4 Å². The number of halogens is 1. The summed E-state index contributed by atoms with van der Waals surface area (Å²) in [7, 11) is 0. The van der Waals surface area contributed by atoms with Gasteiger partial charge in [-0.1, -0.05) is 20.8 Å². The van der Waals surface area contributed by atoms with Crippen LogP contribution in [0.3, 0.4) is 0 Å². The van der Waals surface area contributed by atoms with Crippen molar-refractivity contribution in [3.63, 3.8) is 0 Å². The number of alkyl halides is 1. The standard InChI is InChI=1S/C11H20ClN3S/c1-4-9-14-10(16-15-9)13-8-11(2,3)6-5-7-12/h4-8H2,1-3H3,(H,13,14,15). The Morgan fingerprint density at radius 2 is 2.19 bits per heavy atom. The lowest BCUT2D eigenvalue weighted by Crippen LogP contribution is -2.23. The fraction of sp³-hybridized carbons (Fsp3) is 0.818. The molecule has 92 valence electrons. The number of anilines is 1. The van der Waals surface area contributed by atoms with Crippen LogP contribution in [0.15, 0.2) is 0 Å². The number of hydrogen-bond donors (Lipinski definition) is 1. The van der Waals surface area contributed by atoms with Crippen molar-refractivity contribution in [3.8, 4) is 0 Å². The highest BCUT2D eigenvalue weighted by Gasteiger charge is 2.17. The minimum atomic E-state index is 0.257. The topological polar surface area (TPSA) is 37.8 Å². The lowest BCUT2D eigenvalue weighted by molar-refractivity contribution is 0.355. The van der Waals surface area contributed by atoms with E-state index in [1.54, 1.807) is 0 Å². The first-order valence-corrected chi connectivity index (χ1v) is 7.00. The number of nitrogens with one attached hydrogen (secondary N) is 1. The van der Waals surface area contributed by atoms with Crippen molar-refractivity contribution >= 4 is 28.3 Å². The van der Waals surface area contributed by atoms with Gasteiger partial charge in [-0.3, -0.25) is 0 Å². The molecule has 1 rings (SSSR count). The Labute approximate surface area is 107 Å². The second kappa shape index (κ2) is 6.40. The summed E-state index contributed by atoms with van der Waals surface area (Å²) in [5.41, 5.74) is 0.257. The lowest BCUT2D eigenvalue weighted by Gasteiger charge is -2.24. The number of aryl methyl sites for hydroxylation is 1. The third-order valence-electron chi connectivity index (χ3n) is 2.49. The molecule has 3 nitrogen and oxygen atoms in total. The van der Waals surface area contributed by atoms with Crippen molar-refractivity contribution in [1.29, 1.82) is 0 Å². The molecule has 0 fully saturated rings. The molecule has 0 aliphatic carbocycles. The quantitative estimate of drug-likeness (QED) is 0.763. The number of aromatic nitrogens is 2. The van der Waals surface area contributed by atoms with Gasteiger partial charge in [0.1, 0.15) is 5.82 Å². The van der Waals surface area contributed by atoms with Crippen LogP contribution in [0.1, 0.15) is 39.4 Å². The second-order valence-electron chi connectivity index (χ2n) is 4.68. The number of nitrogens with zero attached hydrogens (tertiary/aromatic N) is 2. The van der Waals surface area contributed by atoms with Crippen LogP contribution in [-0.4, -0.2) is 21.8 Å². The van der Waals surface area contributed by atoms with Crippen molar-refractivity contribution in [2.45, 2.75) is 40.0 Å². The molecule has 1 N–H and O–H groups in total. The van der Waals surface area contributed by atoms with Crippen molar-refractivity contribution < 1.29 is 0 Å². The van der Waals surface area contributed by atoms with Gasteiger partial charge < -0.3 is 5.32 Å². The summed E-state index contributed by atoms with van der Waals surface area (Å²) in [5, 5.41) is 4.28. The molecule has 0 aliphatic heterocycles. The average Bonchev–Trinajstić information content (AvgIpc) is 2.72. The fourth-order valence-electron chi connectivity index (χ4n) is 1.42. The molecule has 0 saturated carbocycles. The van der Waals surface area contributed by atoms with Crippen molar-refractivity contribution in [3.05, 3.63) is 5.82 Å². The van der Waals surface area contributed by atoms with Crippen LogP contribution in [0.4, 0.5) is 5.13 Å². The minimum Gasteiger partial charge on any atom is -0.360 e. The molecule has 0 radical (unpaired) electrons. The molecule has 16 heavy (non-hydrogen) atoms. The van der Waals surface area contributed by atoms with E-state index >= 15 is 0 Å². The summed E-state index contributed by atoms with van der Waals surface area (Å²) in [6, 6.07) is 0. The van der Waals surface area contributed by atoms with Crippen LogP contribution in [0.25, 0.3) is 0 Å². The molecule has 0 unspecified atom stereocenters. The molecule has 0 aromatic carbocycles. The van der Waals surface area contributed by atoms with Crippen LogP contribution in [0.2, 0.25) is 0 Å². The molecule has 1 aromatic rings. The maximum Gasteiger partial charge on any atom is 0.202 e. The zero-order valence-electron chi connectivity index (χ0n) is 10.2. The molecular formula is C11H20ClN3S. The highest BCUT2D eigenvalue weighted by atomic mass is 35.5. The van der Waals surface area contributed by atoms with Gasteiger partial charge in [-0.15, -0.1) is 11.6 Å². The molecule has 0 spiro atoms. The van der Waals surface area contributed by atoms with Gasteiger partial charge in [-0.25, -0.2) is 4.98 Å². The van der Waals surface area contributed by atoms with Gasteiger partial charge in [-0.2, -0.15) is 4.37 Å². The SMILES string of the molecule is CCc1nsc(NCC(C)(C)CCCCl)n1. The summed E-state index contributed by atoms with van der Waals surface area (Å²) in [4.78, 5) is 4.38. The molecular weight excluding hydrogens is 242 g/mol. The van der Waals surface area contributed by atoms with Crippen LogP contribution >= 0.6 is 23.1 Å². The highest BCUT2D eigenvalue weighted by Crippen LogP contribution is 2.23. The van der Waals surface area contributed by atoms with Crippen LogP contribution < -0.4 is 5.32 Å². The first-order chi connectivity index (χ1) is 7.57. The Balaban J connectivity index is 2.37. The Morgan fingerprint density at radius 1 is 1.44 bits per heavy atom. The third-order valence-corrected chi connectivity index (χ3v) is 3.47. The zero-order chi connectivity index (χ0) is 12.0. The van der Waals surface area contributed by atoms with Gasteiger partial charge in [-0.05, 0) is 18.3 Å². The monoisotopic (exact) mass is 261 g/mol. The minimum absolute atomic E-state index is 0.257. The van der Waals surface area contributed by atoms with E-state index < -0.39 is 0 Å². The van der Waals surface area contributed by atoms with Crippen LogP contribution in [0, 0.1) is 5.41 Å². The molecule has 1 heterocycles. The first-order valence-electron chi connectivity index (χ1n) is 5.70. The van der Waals surface area contributed by atoms with E-state index in [4.69, 9.17) is 11.6 Å². The molecule has 0 saturated heterocycles. The maximum absolute atomic E-state index is 5.71. The molecule has 5 heteroatoms. The summed E-state index contributed by atoms with van der Waals surface area (Å²) >= 11 is 7.15. The second-order valence-corrected chi connectivity index (χ2v) is 5.81. The smallest absolute Gasteiger partial charge is 0.202 e. The van der Waals surface area contributed by atoms with Crippen LogP contribution in [0.5, 0.6) is 0 Å². The van der Waals surface area contributed by atoms with E-state index in [1.165, 1.54) is 11.5 Å². The van der Waals surface area contributed by atoms with Crippen LogP contribution in [-0.2, 0) is 6.42 Å². The number of hydrogen-bond acceptors (Lipinski definition) is 4. The Morgan fingerprint density at radius 3 is 2.75 bits per heavy atom. The molecule has 0 amide bonds. The van der Waals surface area contributed by atoms with E-state index in [-0.39, 0.29) is 5.41 Å². The van der Waals surface area contributed by atoms with E-state index in [0.717, 1.165) is 42.6 Å². The largest absolute Gasteiger partial charge is 0.360 e. The molecule has 0 bridgehead atoms. The van der Waals surface area contributed by atoms with Gasteiger partial charge in [0.25, 0.3) is 0 Å². The van der Waals surface area contributed by atoms with Gasteiger partial charge in [0.05, 0.1) is 0 Å². The molecule has 0 aliphatic rings. The first kappa shape index (κ1) is 13.7. The zero-order valence-corrected chi connectivity index (χ0v) is 11.8. The van der Waals surface area contributed by atoms with Crippen molar-refractivity contribution in [2.75, 3.05) is 17.7 Å². The highest BCUT2D eigenvalue weighted by molar-refractivity contribution is 7.09. The van der Waals surface area contributed by atoms with Gasteiger partial charge in [0.2, 0.25) is 5.13 Å². The molecule has 0 atom stereocenters. The lowest BCUT2D eigenvalue weighted by atomic mass is 9.88. The van der Waals surface area contributed by atoms with Crippen molar-refractivity contribution in [1.82, 2.24) is 9.36 Å². The predicted molar refractivity (Wildman–Crippen MR) is 71.5 cm³/mol. The van der Waals surface area contributed by atoms with E-state index in [9.17, 15) is 0 Å². The van der Waals surface area contributed by atoms with Gasteiger partial charge >= 0.3 is 0 Å². The normalized spacial score (nSPS) is 11.8. The number of rotatable bonds is 7. The Kier molecular flexibility index (Phi) is 5.49. The van der Waals surface area contributed by atoms with Crippen molar-refractivity contribution in [2.24, 2.45) is 5.41 Å². The summed E-state index contributed by atoms with van der Waals surface area (Å²) in [6.07, 6.45) is 3.09. The Hall–Kier alpha value is -0.350. The maximum atomic E-state index is 5.71. The van der Waals surface area contributed by atoms with E-state index in [0.29, 0.717) is 0 Å². The molecule has 1 aromatic heterocycles. The Bertz CT molecular complexity index is 312. The van der Waals surface area contributed by atoms with E-state index in [2.05, 4.69) is 35.4 Å².